The van der Waals surface area contributed by atoms with Gasteiger partial charge in [-0.1, -0.05) is 11.6 Å². The first kappa shape index (κ1) is 11.4. The molecular formula is C11H7BrClN3S. The molecule has 0 amide bonds. The lowest BCUT2D eigenvalue weighted by Gasteiger charge is -2.05. The third-order valence-electron chi connectivity index (χ3n) is 2.50. The molecule has 0 unspecified atom stereocenters. The van der Waals surface area contributed by atoms with Crippen LogP contribution in [0.15, 0.2) is 22.8 Å². The number of aromatic nitrogens is 3. The summed E-state index contributed by atoms with van der Waals surface area (Å²) in [6.45, 7) is 0. The first-order chi connectivity index (χ1) is 8.25. The predicted molar refractivity (Wildman–Crippen MR) is 73.0 cm³/mol. The van der Waals surface area contributed by atoms with E-state index in [1.807, 2.05) is 12.1 Å². The zero-order valence-electron chi connectivity index (χ0n) is 8.65. The summed E-state index contributed by atoms with van der Waals surface area (Å²) in [5.74, 6) is 2.39. The Kier molecular flexibility index (Phi) is 3.06. The van der Waals surface area contributed by atoms with Gasteiger partial charge in [-0.05, 0) is 28.1 Å². The van der Waals surface area contributed by atoms with Crippen LogP contribution in [0.3, 0.4) is 0 Å². The Morgan fingerprint density at radius 1 is 1.29 bits per heavy atom. The molecule has 0 radical (unpaired) electrons. The first-order valence-electron chi connectivity index (χ1n) is 4.99. The molecule has 0 fully saturated rings. The van der Waals surface area contributed by atoms with E-state index in [4.69, 9.17) is 11.6 Å². The van der Waals surface area contributed by atoms with Crippen LogP contribution < -0.4 is 0 Å². The minimum Gasteiger partial charge on any atom is -0.252 e. The summed E-state index contributed by atoms with van der Waals surface area (Å²) in [7, 11) is 0. The van der Waals surface area contributed by atoms with Crippen molar-refractivity contribution in [1.82, 2.24) is 15.0 Å². The number of hydrogen-bond donors (Lipinski definition) is 0. The lowest BCUT2D eigenvalue weighted by atomic mass is 10.2. The van der Waals surface area contributed by atoms with Crippen LogP contribution >= 0.6 is 39.3 Å². The van der Waals surface area contributed by atoms with E-state index in [0.717, 1.165) is 32.9 Å². The fraction of sp³-hybridized carbons (Fsp3) is 0.182. The third-order valence-corrected chi connectivity index (χ3v) is 4.42. The van der Waals surface area contributed by atoms with Crippen molar-refractivity contribution in [1.29, 1.82) is 0 Å². The Balaban J connectivity index is 2.17. The maximum Gasteiger partial charge on any atom is 0.181 e. The van der Waals surface area contributed by atoms with E-state index in [0.29, 0.717) is 11.0 Å². The summed E-state index contributed by atoms with van der Waals surface area (Å²) >= 11 is 11.4. The first-order valence-corrected chi connectivity index (χ1v) is 7.32. The number of pyridine rings is 1. The molecule has 86 valence electrons. The number of thioether (sulfide) groups is 1. The Bertz CT molecular complexity index is 591. The van der Waals surface area contributed by atoms with E-state index in [1.54, 1.807) is 18.0 Å². The lowest BCUT2D eigenvalue weighted by Crippen LogP contribution is -1.99. The zero-order chi connectivity index (χ0) is 11.8. The van der Waals surface area contributed by atoms with Gasteiger partial charge in [-0.3, -0.25) is 4.98 Å². The molecule has 1 aliphatic heterocycles. The van der Waals surface area contributed by atoms with Crippen molar-refractivity contribution < 1.29 is 0 Å². The van der Waals surface area contributed by atoms with Crippen LogP contribution in [0.25, 0.3) is 11.5 Å². The van der Waals surface area contributed by atoms with Crippen molar-refractivity contribution in [3.8, 4) is 11.5 Å². The fourth-order valence-electron chi connectivity index (χ4n) is 1.67. The highest BCUT2D eigenvalue weighted by Crippen LogP contribution is 2.34. The molecule has 0 bridgehead atoms. The smallest absolute Gasteiger partial charge is 0.181 e. The Labute approximate surface area is 116 Å². The van der Waals surface area contributed by atoms with Gasteiger partial charge >= 0.3 is 0 Å². The quantitative estimate of drug-likeness (QED) is 0.748. The molecule has 2 aromatic rings. The number of nitrogens with zero attached hydrogens (tertiary/aromatic N) is 3. The second kappa shape index (κ2) is 4.55. The van der Waals surface area contributed by atoms with E-state index < -0.39 is 0 Å². The van der Waals surface area contributed by atoms with Gasteiger partial charge < -0.3 is 0 Å². The maximum absolute atomic E-state index is 6.17. The van der Waals surface area contributed by atoms with Crippen molar-refractivity contribution >= 4 is 39.3 Å². The summed E-state index contributed by atoms with van der Waals surface area (Å²) in [5, 5.41) is 0.549. The summed E-state index contributed by atoms with van der Waals surface area (Å²) in [5.41, 5.74) is 2.82. The third kappa shape index (κ3) is 2.07. The van der Waals surface area contributed by atoms with Crippen LogP contribution in [0.2, 0.25) is 5.15 Å². The van der Waals surface area contributed by atoms with Gasteiger partial charge in [0.25, 0.3) is 0 Å². The van der Waals surface area contributed by atoms with Crippen molar-refractivity contribution in [2.45, 2.75) is 11.5 Å². The topological polar surface area (TPSA) is 38.7 Å². The van der Waals surface area contributed by atoms with Crippen LogP contribution in [-0.4, -0.2) is 15.0 Å². The zero-order valence-corrected chi connectivity index (χ0v) is 11.8. The highest BCUT2D eigenvalue weighted by atomic mass is 79.9. The van der Waals surface area contributed by atoms with Crippen LogP contribution in [0.5, 0.6) is 0 Å². The maximum atomic E-state index is 6.17. The van der Waals surface area contributed by atoms with Crippen LogP contribution in [0, 0.1) is 0 Å². The van der Waals surface area contributed by atoms with Gasteiger partial charge in [0, 0.05) is 27.7 Å². The molecule has 3 heterocycles. The van der Waals surface area contributed by atoms with Gasteiger partial charge in [-0.15, -0.1) is 0 Å². The molecule has 2 aromatic heterocycles. The molecule has 0 atom stereocenters. The summed E-state index contributed by atoms with van der Waals surface area (Å²) in [6, 6.07) is 3.78. The Morgan fingerprint density at radius 2 is 2.18 bits per heavy atom. The van der Waals surface area contributed by atoms with Gasteiger partial charge in [0.15, 0.2) is 5.82 Å². The molecule has 3 nitrogen and oxygen atoms in total. The van der Waals surface area contributed by atoms with Crippen molar-refractivity contribution in [3.05, 3.63) is 39.2 Å². The fourth-order valence-corrected chi connectivity index (χ4v) is 3.48. The molecule has 6 heteroatoms. The standard InChI is InChI=1S/C11H7BrClN3S/c12-7-2-1-3-14-9(7)11-15-8-5-17-4-6(8)10(13)16-11/h1-3H,4-5H2. The van der Waals surface area contributed by atoms with Gasteiger partial charge in [0.2, 0.25) is 0 Å². The number of rotatable bonds is 1. The molecule has 0 aliphatic carbocycles. The normalized spacial score (nSPS) is 13.8. The Hall–Kier alpha value is -0.650. The van der Waals surface area contributed by atoms with E-state index in [1.165, 1.54) is 0 Å². The molecule has 0 N–H and O–H groups in total. The minimum atomic E-state index is 0.549. The highest BCUT2D eigenvalue weighted by Gasteiger charge is 2.20. The molecule has 17 heavy (non-hydrogen) atoms. The summed E-state index contributed by atoms with van der Waals surface area (Å²) < 4.78 is 0.877. The number of halogens is 2. The largest absolute Gasteiger partial charge is 0.252 e. The van der Waals surface area contributed by atoms with Crippen molar-refractivity contribution in [3.63, 3.8) is 0 Å². The SMILES string of the molecule is Clc1nc(-c2ncccc2Br)nc2c1CSC2. The van der Waals surface area contributed by atoms with E-state index >= 15 is 0 Å². The van der Waals surface area contributed by atoms with E-state index in [9.17, 15) is 0 Å². The molecule has 0 saturated heterocycles. The predicted octanol–water partition coefficient (Wildman–Crippen LogP) is 3.70. The second-order valence-corrected chi connectivity index (χ2v) is 5.79. The molecular weight excluding hydrogens is 322 g/mol. The lowest BCUT2D eigenvalue weighted by molar-refractivity contribution is 1.05. The van der Waals surface area contributed by atoms with Crippen LogP contribution in [-0.2, 0) is 11.5 Å². The van der Waals surface area contributed by atoms with Crippen LogP contribution in [0.4, 0.5) is 0 Å². The van der Waals surface area contributed by atoms with E-state index in [2.05, 4.69) is 30.9 Å². The molecule has 0 saturated carbocycles. The molecule has 3 rings (SSSR count). The van der Waals surface area contributed by atoms with Gasteiger partial charge in [-0.25, -0.2) is 9.97 Å². The summed E-state index contributed by atoms with van der Waals surface area (Å²) in [6.07, 6.45) is 1.72. The second-order valence-electron chi connectivity index (χ2n) is 3.59. The van der Waals surface area contributed by atoms with Crippen molar-refractivity contribution in [2.24, 2.45) is 0 Å². The summed E-state index contributed by atoms with van der Waals surface area (Å²) in [4.78, 5) is 13.1. The minimum absolute atomic E-state index is 0.549. The number of hydrogen-bond acceptors (Lipinski definition) is 4. The average Bonchev–Trinajstić information content (AvgIpc) is 2.78. The van der Waals surface area contributed by atoms with Crippen molar-refractivity contribution in [2.75, 3.05) is 0 Å². The van der Waals surface area contributed by atoms with E-state index in [-0.39, 0.29) is 0 Å². The van der Waals surface area contributed by atoms with Gasteiger partial charge in [0.05, 0.1) is 5.69 Å². The number of fused-ring (bicyclic) bond motifs is 1. The molecule has 0 aromatic carbocycles. The highest BCUT2D eigenvalue weighted by molar-refractivity contribution is 9.10. The van der Waals surface area contributed by atoms with Crippen LogP contribution in [0.1, 0.15) is 11.3 Å². The molecule has 1 aliphatic rings. The van der Waals surface area contributed by atoms with Gasteiger partial charge in [-0.2, -0.15) is 11.8 Å². The molecule has 0 spiro atoms. The monoisotopic (exact) mass is 327 g/mol. The average molecular weight is 329 g/mol. The Morgan fingerprint density at radius 3 is 3.00 bits per heavy atom. The van der Waals surface area contributed by atoms with Gasteiger partial charge in [0.1, 0.15) is 10.8 Å².